The number of aromatic nitrogens is 1. The van der Waals surface area contributed by atoms with E-state index in [-0.39, 0.29) is 5.91 Å². The van der Waals surface area contributed by atoms with Gasteiger partial charge in [0.25, 0.3) is 5.91 Å². The highest BCUT2D eigenvalue weighted by Crippen LogP contribution is 2.24. The van der Waals surface area contributed by atoms with Crippen molar-refractivity contribution in [1.29, 1.82) is 0 Å². The molecule has 4 nitrogen and oxygen atoms in total. The molecule has 4 rings (SSSR count). The molecule has 0 radical (unpaired) electrons. The van der Waals surface area contributed by atoms with Crippen LogP contribution in [0.5, 0.6) is 0 Å². The fourth-order valence-electron chi connectivity index (χ4n) is 4.04. The summed E-state index contributed by atoms with van der Waals surface area (Å²) in [5.41, 5.74) is 2.77. The SMILES string of the molecule is O=C(c1ccc(-c2ccccn2)cc1)N1CCCC1CN1CCCC1. The van der Waals surface area contributed by atoms with Gasteiger partial charge in [0.15, 0.2) is 0 Å². The number of pyridine rings is 1. The van der Waals surface area contributed by atoms with Crippen LogP contribution in [0.2, 0.25) is 0 Å². The van der Waals surface area contributed by atoms with Crippen molar-refractivity contribution < 1.29 is 4.79 Å². The standard InChI is InChI=1S/C21H25N3O/c25-21(24-15-5-6-19(24)16-23-13-3-4-14-23)18-10-8-17(9-11-18)20-7-1-2-12-22-20/h1-2,7-12,19H,3-6,13-16H2. The Balaban J connectivity index is 1.46. The summed E-state index contributed by atoms with van der Waals surface area (Å²) >= 11 is 0. The van der Waals surface area contributed by atoms with E-state index in [0.29, 0.717) is 6.04 Å². The Bertz CT molecular complexity index is 708. The fraction of sp³-hybridized carbons (Fsp3) is 0.429. The lowest BCUT2D eigenvalue weighted by atomic mass is 10.1. The van der Waals surface area contributed by atoms with Gasteiger partial charge < -0.3 is 9.80 Å². The van der Waals surface area contributed by atoms with E-state index >= 15 is 0 Å². The van der Waals surface area contributed by atoms with E-state index in [4.69, 9.17) is 0 Å². The smallest absolute Gasteiger partial charge is 0.254 e. The largest absolute Gasteiger partial charge is 0.334 e. The van der Waals surface area contributed by atoms with Crippen LogP contribution in [0.1, 0.15) is 36.0 Å². The van der Waals surface area contributed by atoms with E-state index in [0.717, 1.165) is 42.8 Å². The average molecular weight is 335 g/mol. The lowest BCUT2D eigenvalue weighted by Crippen LogP contribution is -2.42. The van der Waals surface area contributed by atoms with Crippen molar-refractivity contribution in [2.24, 2.45) is 0 Å². The maximum atomic E-state index is 13.0. The van der Waals surface area contributed by atoms with Gasteiger partial charge in [0.2, 0.25) is 0 Å². The van der Waals surface area contributed by atoms with Crippen LogP contribution in [0, 0.1) is 0 Å². The molecular formula is C21H25N3O. The fourth-order valence-corrected chi connectivity index (χ4v) is 4.04. The van der Waals surface area contributed by atoms with Gasteiger partial charge in [-0.3, -0.25) is 9.78 Å². The second-order valence-corrected chi connectivity index (χ2v) is 7.09. The molecule has 2 aliphatic heterocycles. The van der Waals surface area contributed by atoms with Crippen molar-refractivity contribution >= 4 is 5.91 Å². The molecule has 0 bridgehead atoms. The zero-order valence-electron chi connectivity index (χ0n) is 14.6. The Kier molecular flexibility index (Phi) is 4.79. The van der Waals surface area contributed by atoms with E-state index in [1.54, 1.807) is 6.20 Å². The number of hydrogen-bond acceptors (Lipinski definition) is 3. The molecule has 3 heterocycles. The summed E-state index contributed by atoms with van der Waals surface area (Å²) in [6.45, 7) is 4.31. The molecule has 2 fully saturated rings. The molecule has 1 aromatic heterocycles. The van der Waals surface area contributed by atoms with Gasteiger partial charge in [-0.25, -0.2) is 0 Å². The van der Waals surface area contributed by atoms with Crippen LogP contribution in [0.25, 0.3) is 11.3 Å². The number of hydrogen-bond donors (Lipinski definition) is 0. The molecule has 130 valence electrons. The van der Waals surface area contributed by atoms with Gasteiger partial charge in [-0.2, -0.15) is 0 Å². The van der Waals surface area contributed by atoms with Gasteiger partial charge in [-0.1, -0.05) is 18.2 Å². The zero-order valence-corrected chi connectivity index (χ0v) is 14.6. The molecular weight excluding hydrogens is 310 g/mol. The van der Waals surface area contributed by atoms with Gasteiger partial charge in [0.1, 0.15) is 0 Å². The minimum atomic E-state index is 0.175. The van der Waals surface area contributed by atoms with Crippen molar-refractivity contribution in [3.63, 3.8) is 0 Å². The van der Waals surface area contributed by atoms with Crippen LogP contribution in [-0.4, -0.2) is 52.9 Å². The molecule has 0 N–H and O–H groups in total. The second-order valence-electron chi connectivity index (χ2n) is 7.09. The van der Waals surface area contributed by atoms with Crippen LogP contribution in [-0.2, 0) is 0 Å². The van der Waals surface area contributed by atoms with Crippen LogP contribution in [0.3, 0.4) is 0 Å². The molecule has 4 heteroatoms. The summed E-state index contributed by atoms with van der Waals surface area (Å²) in [4.78, 5) is 21.9. The normalized spacial score (nSPS) is 21.0. The highest BCUT2D eigenvalue weighted by atomic mass is 16.2. The van der Waals surface area contributed by atoms with Gasteiger partial charge >= 0.3 is 0 Å². The maximum Gasteiger partial charge on any atom is 0.254 e. The van der Waals surface area contributed by atoms with Crippen molar-refractivity contribution in [3.8, 4) is 11.3 Å². The molecule has 25 heavy (non-hydrogen) atoms. The third kappa shape index (κ3) is 3.59. The van der Waals surface area contributed by atoms with Gasteiger partial charge in [0, 0.05) is 36.5 Å². The van der Waals surface area contributed by atoms with Crippen LogP contribution >= 0.6 is 0 Å². The second kappa shape index (κ2) is 7.36. The molecule has 1 amide bonds. The van der Waals surface area contributed by atoms with Crippen molar-refractivity contribution in [2.75, 3.05) is 26.2 Å². The van der Waals surface area contributed by atoms with Crippen molar-refractivity contribution in [2.45, 2.75) is 31.7 Å². The molecule has 1 unspecified atom stereocenters. The van der Waals surface area contributed by atoms with Crippen LogP contribution in [0.15, 0.2) is 48.7 Å². The highest BCUT2D eigenvalue weighted by Gasteiger charge is 2.31. The Morgan fingerprint density at radius 2 is 1.80 bits per heavy atom. The van der Waals surface area contributed by atoms with Crippen molar-refractivity contribution in [1.82, 2.24) is 14.8 Å². The molecule has 1 atom stereocenters. The minimum absolute atomic E-state index is 0.175. The Labute approximate surface area is 149 Å². The first-order valence-corrected chi connectivity index (χ1v) is 9.36. The van der Waals surface area contributed by atoms with E-state index in [1.807, 2.05) is 42.5 Å². The molecule has 0 spiro atoms. The summed E-state index contributed by atoms with van der Waals surface area (Å²) in [7, 11) is 0. The summed E-state index contributed by atoms with van der Waals surface area (Å²) in [5, 5.41) is 0. The molecule has 0 saturated carbocycles. The third-order valence-corrected chi connectivity index (χ3v) is 5.40. The predicted octanol–water partition coefficient (Wildman–Crippen LogP) is 3.45. The minimum Gasteiger partial charge on any atom is -0.334 e. The lowest BCUT2D eigenvalue weighted by Gasteiger charge is -2.28. The van der Waals surface area contributed by atoms with E-state index < -0.39 is 0 Å². The quantitative estimate of drug-likeness (QED) is 0.859. The molecule has 2 aliphatic rings. The van der Waals surface area contributed by atoms with Crippen LogP contribution in [0.4, 0.5) is 0 Å². The Morgan fingerprint density at radius 3 is 2.52 bits per heavy atom. The van der Waals surface area contributed by atoms with Crippen molar-refractivity contribution in [3.05, 3.63) is 54.2 Å². The summed E-state index contributed by atoms with van der Waals surface area (Å²) in [5.74, 6) is 0.175. The number of rotatable bonds is 4. The Morgan fingerprint density at radius 1 is 1.00 bits per heavy atom. The van der Waals surface area contributed by atoms with Crippen LogP contribution < -0.4 is 0 Å². The predicted molar refractivity (Wildman–Crippen MR) is 99.4 cm³/mol. The summed E-state index contributed by atoms with van der Waals surface area (Å²) in [6, 6.07) is 14.1. The zero-order chi connectivity index (χ0) is 17.1. The van der Waals surface area contributed by atoms with E-state index in [1.165, 1.54) is 25.9 Å². The number of carbonyl (C=O) groups excluding carboxylic acids is 1. The molecule has 0 aliphatic carbocycles. The van der Waals surface area contributed by atoms with Gasteiger partial charge in [-0.15, -0.1) is 0 Å². The van der Waals surface area contributed by atoms with Gasteiger partial charge in [-0.05, 0) is 63.0 Å². The number of carbonyl (C=O) groups is 1. The molecule has 1 aromatic carbocycles. The first-order chi connectivity index (χ1) is 12.3. The summed E-state index contributed by atoms with van der Waals surface area (Å²) in [6.07, 6.45) is 6.65. The number of amides is 1. The third-order valence-electron chi connectivity index (χ3n) is 5.40. The average Bonchev–Trinajstić information content (AvgIpc) is 3.34. The lowest BCUT2D eigenvalue weighted by molar-refractivity contribution is 0.0709. The van der Waals surface area contributed by atoms with Gasteiger partial charge in [0.05, 0.1) is 5.69 Å². The number of likely N-dealkylation sites (tertiary alicyclic amines) is 2. The molecule has 2 aromatic rings. The first-order valence-electron chi connectivity index (χ1n) is 9.36. The first kappa shape index (κ1) is 16.3. The highest BCUT2D eigenvalue weighted by molar-refractivity contribution is 5.95. The van der Waals surface area contributed by atoms with E-state index in [2.05, 4.69) is 14.8 Å². The monoisotopic (exact) mass is 335 g/mol. The molecule has 2 saturated heterocycles. The number of nitrogens with zero attached hydrogens (tertiary/aromatic N) is 3. The van der Waals surface area contributed by atoms with E-state index in [9.17, 15) is 4.79 Å². The Hall–Kier alpha value is -2.20. The summed E-state index contributed by atoms with van der Waals surface area (Å²) < 4.78 is 0. The number of benzene rings is 1. The maximum absolute atomic E-state index is 13.0. The topological polar surface area (TPSA) is 36.4 Å².